The zero-order valence-corrected chi connectivity index (χ0v) is 15.7. The van der Waals surface area contributed by atoms with Crippen LogP contribution in [0, 0.1) is 6.92 Å². The van der Waals surface area contributed by atoms with Crippen LogP contribution in [0.25, 0.3) is 0 Å². The van der Waals surface area contributed by atoms with Gasteiger partial charge in [0.15, 0.2) is 0 Å². The van der Waals surface area contributed by atoms with Crippen LogP contribution in [0.15, 0.2) is 17.1 Å². The molecule has 2 fully saturated rings. The molecule has 0 radical (unpaired) electrons. The van der Waals surface area contributed by atoms with Crippen molar-refractivity contribution in [3.05, 3.63) is 34.4 Å². The molecule has 1 atom stereocenters. The van der Waals surface area contributed by atoms with Crippen LogP contribution in [-0.2, 0) is 17.1 Å². The lowest BCUT2D eigenvalue weighted by molar-refractivity contribution is -0.143. The van der Waals surface area contributed by atoms with Crippen molar-refractivity contribution in [1.29, 1.82) is 0 Å². The summed E-state index contributed by atoms with van der Waals surface area (Å²) < 4.78 is 84.6. The molecule has 0 saturated carbocycles. The molecule has 1 aromatic carbocycles. The fraction of sp³-hybridized carbons (Fsp3) is 0.579. The second-order valence-electron chi connectivity index (χ2n) is 7.22. The maximum atomic E-state index is 13.5. The van der Waals surface area contributed by atoms with Crippen LogP contribution in [-0.4, -0.2) is 48.9 Å². The Morgan fingerprint density at radius 1 is 1.10 bits per heavy atom. The molecule has 0 aliphatic carbocycles. The highest BCUT2D eigenvalue weighted by atomic mass is 19.4. The first kappa shape index (κ1) is 21.8. The molecule has 1 amide bonds. The van der Waals surface area contributed by atoms with Crippen molar-refractivity contribution < 1.29 is 35.9 Å². The van der Waals surface area contributed by atoms with Gasteiger partial charge in [0.1, 0.15) is 0 Å². The molecule has 29 heavy (non-hydrogen) atoms. The lowest BCUT2D eigenvalue weighted by Gasteiger charge is -2.32. The van der Waals surface area contributed by atoms with Crippen molar-refractivity contribution in [1.82, 2.24) is 4.90 Å². The molecule has 2 heterocycles. The molecular formula is C19H20F6N2O2. The van der Waals surface area contributed by atoms with E-state index in [0.717, 1.165) is 32.9 Å². The largest absolute Gasteiger partial charge is 0.417 e. The highest BCUT2D eigenvalue weighted by molar-refractivity contribution is 6.07. The average Bonchev–Trinajstić information content (AvgIpc) is 3.14. The third-order valence-corrected chi connectivity index (χ3v) is 5.18. The van der Waals surface area contributed by atoms with E-state index in [1.165, 1.54) is 0 Å². The van der Waals surface area contributed by atoms with Crippen LogP contribution in [0.1, 0.15) is 46.3 Å². The molecule has 10 heteroatoms. The van der Waals surface area contributed by atoms with E-state index < -0.39 is 40.5 Å². The van der Waals surface area contributed by atoms with Crippen molar-refractivity contribution in [3.63, 3.8) is 0 Å². The number of ether oxygens (including phenoxy) is 1. The fourth-order valence-electron chi connectivity index (χ4n) is 3.83. The van der Waals surface area contributed by atoms with E-state index in [1.54, 1.807) is 0 Å². The van der Waals surface area contributed by atoms with Crippen LogP contribution in [0.4, 0.5) is 26.3 Å². The van der Waals surface area contributed by atoms with Crippen LogP contribution in [0.2, 0.25) is 0 Å². The van der Waals surface area contributed by atoms with E-state index in [-0.39, 0.29) is 18.7 Å². The number of nitrogens with zero attached hydrogens (tertiary/aromatic N) is 2. The molecule has 3 rings (SSSR count). The number of aliphatic imine (C=N–C) groups is 1. The van der Waals surface area contributed by atoms with Crippen molar-refractivity contribution >= 4 is 11.6 Å². The van der Waals surface area contributed by atoms with Gasteiger partial charge in [0.2, 0.25) is 0 Å². The second-order valence-corrected chi connectivity index (χ2v) is 7.22. The molecule has 160 valence electrons. The molecule has 0 bridgehead atoms. The smallest absolute Gasteiger partial charge is 0.375 e. The number of rotatable bonds is 2. The summed E-state index contributed by atoms with van der Waals surface area (Å²) in [6.45, 7) is 3.10. The van der Waals surface area contributed by atoms with Gasteiger partial charge < -0.3 is 4.74 Å². The third kappa shape index (κ3) is 4.80. The Hall–Kier alpha value is -1.94. The van der Waals surface area contributed by atoms with Crippen molar-refractivity contribution in [3.8, 4) is 0 Å². The summed E-state index contributed by atoms with van der Waals surface area (Å²) in [5, 5.41) is 0. The maximum Gasteiger partial charge on any atom is 0.417 e. The van der Waals surface area contributed by atoms with Gasteiger partial charge in [-0.3, -0.25) is 9.69 Å². The van der Waals surface area contributed by atoms with Crippen LogP contribution >= 0.6 is 0 Å². The molecule has 0 unspecified atom stereocenters. The summed E-state index contributed by atoms with van der Waals surface area (Å²) >= 11 is 0. The molecule has 2 aliphatic heterocycles. The number of alkyl halides is 6. The lowest BCUT2D eigenvalue weighted by atomic mass is 9.96. The zero-order chi connectivity index (χ0) is 21.4. The molecule has 1 aromatic rings. The Kier molecular flexibility index (Phi) is 6.05. The average molecular weight is 422 g/mol. The van der Waals surface area contributed by atoms with Gasteiger partial charge in [0.05, 0.1) is 35.1 Å². The first-order chi connectivity index (χ1) is 13.5. The van der Waals surface area contributed by atoms with Crippen molar-refractivity contribution in [2.45, 2.75) is 44.6 Å². The number of benzene rings is 1. The van der Waals surface area contributed by atoms with Crippen LogP contribution < -0.4 is 0 Å². The molecule has 4 nitrogen and oxygen atoms in total. The summed E-state index contributed by atoms with van der Waals surface area (Å²) in [7, 11) is 0. The van der Waals surface area contributed by atoms with Crippen molar-refractivity contribution in [2.75, 3.05) is 26.3 Å². The SMILES string of the molecule is Cc1cc(C(F)(F)F)cc(C(F)(F)F)c1C(=O)N=C1COCC[C@H]1N1CCCC1. The number of aryl methyl sites for hydroxylation is 1. The number of amides is 1. The second kappa shape index (κ2) is 8.06. The van der Waals surface area contributed by atoms with Crippen LogP contribution in [0.3, 0.4) is 0 Å². The highest BCUT2D eigenvalue weighted by Crippen LogP contribution is 2.39. The highest BCUT2D eigenvalue weighted by Gasteiger charge is 2.41. The topological polar surface area (TPSA) is 41.9 Å². The maximum absolute atomic E-state index is 13.5. The molecule has 0 spiro atoms. The summed E-state index contributed by atoms with van der Waals surface area (Å²) in [4.78, 5) is 18.7. The van der Waals surface area contributed by atoms with E-state index in [4.69, 9.17) is 4.74 Å². The van der Waals surface area contributed by atoms with E-state index in [1.807, 2.05) is 0 Å². The number of hydrogen-bond acceptors (Lipinski definition) is 3. The Bertz CT molecular complexity index is 810. The minimum atomic E-state index is -5.13. The third-order valence-electron chi connectivity index (χ3n) is 5.18. The summed E-state index contributed by atoms with van der Waals surface area (Å²) in [5.41, 5.74) is -4.05. The number of hydrogen-bond donors (Lipinski definition) is 0. The summed E-state index contributed by atoms with van der Waals surface area (Å²) in [5.74, 6) is -1.20. The molecule has 2 aliphatic rings. The van der Waals surface area contributed by atoms with E-state index in [9.17, 15) is 31.1 Å². The van der Waals surface area contributed by atoms with Gasteiger partial charge in [-0.2, -0.15) is 26.3 Å². The predicted octanol–water partition coefficient (Wildman–Crippen LogP) is 4.50. The van der Waals surface area contributed by atoms with Crippen molar-refractivity contribution in [2.24, 2.45) is 4.99 Å². The number of halogens is 6. The Labute approximate surface area is 163 Å². The molecule has 2 saturated heterocycles. The molecule has 0 aromatic heterocycles. The first-order valence-corrected chi connectivity index (χ1v) is 9.21. The van der Waals surface area contributed by atoms with E-state index in [2.05, 4.69) is 9.89 Å². The first-order valence-electron chi connectivity index (χ1n) is 9.21. The standard InChI is InChI=1S/C19H20F6N2O2/c1-11-8-12(18(20,21)22)9-13(19(23,24)25)16(11)17(28)26-14-10-29-7-4-15(14)27-5-2-3-6-27/h8-9,15H,2-7,10H2,1H3/t15-/m1/s1. The van der Waals surface area contributed by atoms with Gasteiger partial charge in [-0.25, -0.2) is 4.99 Å². The zero-order valence-electron chi connectivity index (χ0n) is 15.7. The van der Waals surface area contributed by atoms with Gasteiger partial charge in [0, 0.05) is 6.61 Å². The Balaban J connectivity index is 2.02. The quantitative estimate of drug-likeness (QED) is 0.660. The number of carbonyl (C=O) groups excluding carboxylic acids is 1. The molecule has 0 N–H and O–H groups in total. The number of carbonyl (C=O) groups is 1. The van der Waals surface area contributed by atoms with E-state index >= 15 is 0 Å². The Morgan fingerprint density at radius 2 is 1.76 bits per heavy atom. The summed E-state index contributed by atoms with van der Waals surface area (Å²) in [6, 6.07) is 0.299. The van der Waals surface area contributed by atoms with Gasteiger partial charge >= 0.3 is 12.4 Å². The minimum absolute atomic E-state index is 0.00788. The van der Waals surface area contributed by atoms with Gasteiger partial charge in [-0.1, -0.05) is 0 Å². The number of likely N-dealkylation sites (tertiary alicyclic amines) is 1. The van der Waals surface area contributed by atoms with Crippen LogP contribution in [0.5, 0.6) is 0 Å². The molecular weight excluding hydrogens is 402 g/mol. The summed E-state index contributed by atoms with van der Waals surface area (Å²) in [6.07, 6.45) is -7.57. The van der Waals surface area contributed by atoms with Gasteiger partial charge in [-0.15, -0.1) is 0 Å². The Morgan fingerprint density at radius 3 is 2.34 bits per heavy atom. The normalized spacial score (nSPS) is 23.0. The predicted molar refractivity (Wildman–Crippen MR) is 93.0 cm³/mol. The lowest BCUT2D eigenvalue weighted by Crippen LogP contribution is -2.45. The van der Waals surface area contributed by atoms with E-state index in [0.29, 0.717) is 24.8 Å². The fourth-order valence-corrected chi connectivity index (χ4v) is 3.83. The van der Waals surface area contributed by atoms with Gasteiger partial charge in [0.25, 0.3) is 5.91 Å². The van der Waals surface area contributed by atoms with Gasteiger partial charge in [-0.05, 0) is 57.0 Å². The monoisotopic (exact) mass is 422 g/mol. The minimum Gasteiger partial charge on any atom is -0.375 e.